The summed E-state index contributed by atoms with van der Waals surface area (Å²) in [6, 6.07) is 4.20. The van der Waals surface area contributed by atoms with E-state index in [1.54, 1.807) is 0 Å². The van der Waals surface area contributed by atoms with Gasteiger partial charge in [-0.3, -0.25) is 14.9 Å². The average Bonchev–Trinajstić information content (AvgIpc) is 2.32. The summed E-state index contributed by atoms with van der Waals surface area (Å²) in [4.78, 5) is 22.4. The number of halogens is 1. The van der Waals surface area contributed by atoms with E-state index in [2.05, 4.69) is 5.32 Å². The van der Waals surface area contributed by atoms with Crippen LogP contribution in [0.15, 0.2) is 18.2 Å². The number of nitrogens with zero attached hydrogens (tertiary/aromatic N) is 1. The zero-order valence-corrected chi connectivity index (χ0v) is 10.8. The van der Waals surface area contributed by atoms with Crippen molar-refractivity contribution >= 4 is 23.2 Å². The fraction of sp³-hybridized carbons (Fsp3) is 0.417. The molecule has 1 aromatic rings. The second-order valence-electron chi connectivity index (χ2n) is 4.64. The van der Waals surface area contributed by atoms with E-state index in [1.807, 2.05) is 0 Å². The van der Waals surface area contributed by atoms with E-state index in [0.29, 0.717) is 12.8 Å². The highest BCUT2D eigenvalue weighted by atomic mass is 35.5. The molecule has 7 heteroatoms. The minimum absolute atomic E-state index is 0.0793. The summed E-state index contributed by atoms with van der Waals surface area (Å²) in [5.74, 6) is -0.581. The molecule has 1 aliphatic carbocycles. The number of nitrogens with one attached hydrogen (secondary N) is 1. The maximum atomic E-state index is 12.1. The SMILES string of the molecule is O=C(NC1(CO)CCC1)c1cccc(Cl)c1[N+](=O)[O-]. The van der Waals surface area contributed by atoms with Crippen LogP contribution in [0, 0.1) is 10.1 Å². The monoisotopic (exact) mass is 284 g/mol. The number of carbonyl (C=O) groups is 1. The zero-order chi connectivity index (χ0) is 14.0. The van der Waals surface area contributed by atoms with Crippen molar-refractivity contribution in [3.05, 3.63) is 38.9 Å². The minimum atomic E-state index is -0.677. The van der Waals surface area contributed by atoms with E-state index in [-0.39, 0.29) is 17.2 Å². The van der Waals surface area contributed by atoms with Crippen molar-refractivity contribution in [3.8, 4) is 0 Å². The average molecular weight is 285 g/mol. The summed E-state index contributed by atoms with van der Waals surface area (Å²) in [6.45, 7) is -0.174. The quantitative estimate of drug-likeness (QED) is 0.652. The fourth-order valence-corrected chi connectivity index (χ4v) is 2.36. The molecule has 0 heterocycles. The van der Waals surface area contributed by atoms with E-state index in [9.17, 15) is 20.0 Å². The molecule has 0 saturated heterocycles. The standard InChI is InChI=1S/C12H13ClN2O4/c13-9-4-1-3-8(10(9)15(18)19)11(17)14-12(7-16)5-2-6-12/h1,3-4,16H,2,5-7H2,(H,14,17). The predicted molar refractivity (Wildman–Crippen MR) is 69.2 cm³/mol. The molecule has 0 radical (unpaired) electrons. The number of aliphatic hydroxyl groups is 1. The Balaban J connectivity index is 2.29. The molecule has 0 aliphatic heterocycles. The van der Waals surface area contributed by atoms with Crippen molar-refractivity contribution in [3.63, 3.8) is 0 Å². The fourth-order valence-electron chi connectivity index (χ4n) is 2.12. The molecule has 0 unspecified atom stereocenters. The first-order valence-corrected chi connectivity index (χ1v) is 6.23. The summed E-state index contributed by atoms with van der Waals surface area (Å²) in [6.07, 6.45) is 2.26. The van der Waals surface area contributed by atoms with Gasteiger partial charge in [-0.1, -0.05) is 17.7 Å². The van der Waals surface area contributed by atoms with Crippen molar-refractivity contribution < 1.29 is 14.8 Å². The molecule has 0 aromatic heterocycles. The maximum Gasteiger partial charge on any atom is 0.300 e. The van der Waals surface area contributed by atoms with Crippen LogP contribution in [0.5, 0.6) is 0 Å². The molecule has 102 valence electrons. The third kappa shape index (κ3) is 2.54. The van der Waals surface area contributed by atoms with Gasteiger partial charge in [0.05, 0.1) is 17.1 Å². The van der Waals surface area contributed by atoms with Crippen LogP contribution in [-0.4, -0.2) is 28.1 Å². The highest BCUT2D eigenvalue weighted by Crippen LogP contribution is 2.33. The number of carbonyl (C=O) groups excluding carboxylic acids is 1. The van der Waals surface area contributed by atoms with E-state index in [0.717, 1.165) is 6.42 Å². The smallest absolute Gasteiger partial charge is 0.300 e. The van der Waals surface area contributed by atoms with Gasteiger partial charge in [0.25, 0.3) is 5.91 Å². The number of nitro groups is 1. The van der Waals surface area contributed by atoms with Gasteiger partial charge in [-0.25, -0.2) is 0 Å². The molecule has 2 rings (SSSR count). The maximum absolute atomic E-state index is 12.1. The number of para-hydroxylation sites is 1. The van der Waals surface area contributed by atoms with Gasteiger partial charge in [-0.15, -0.1) is 0 Å². The van der Waals surface area contributed by atoms with Crippen LogP contribution < -0.4 is 5.32 Å². The largest absolute Gasteiger partial charge is 0.394 e. The number of benzene rings is 1. The van der Waals surface area contributed by atoms with Gasteiger partial charge in [0.2, 0.25) is 0 Å². The molecular weight excluding hydrogens is 272 g/mol. The lowest BCUT2D eigenvalue weighted by molar-refractivity contribution is -0.385. The van der Waals surface area contributed by atoms with Crippen molar-refractivity contribution in [2.75, 3.05) is 6.61 Å². The van der Waals surface area contributed by atoms with E-state index in [4.69, 9.17) is 11.6 Å². The van der Waals surface area contributed by atoms with Gasteiger partial charge >= 0.3 is 5.69 Å². The normalized spacial score (nSPS) is 16.5. The molecule has 6 nitrogen and oxygen atoms in total. The Morgan fingerprint density at radius 3 is 2.68 bits per heavy atom. The lowest BCUT2D eigenvalue weighted by atomic mass is 9.77. The van der Waals surface area contributed by atoms with Gasteiger partial charge < -0.3 is 10.4 Å². The summed E-state index contributed by atoms with van der Waals surface area (Å²) in [5.41, 5.74) is -1.14. The molecule has 19 heavy (non-hydrogen) atoms. The summed E-state index contributed by atoms with van der Waals surface area (Å²) in [7, 11) is 0. The molecule has 1 aromatic carbocycles. The Bertz CT molecular complexity index is 523. The molecule has 0 spiro atoms. The third-order valence-corrected chi connectivity index (χ3v) is 3.71. The van der Waals surface area contributed by atoms with Crippen molar-refractivity contribution in [1.29, 1.82) is 0 Å². The first kappa shape index (κ1) is 13.8. The topological polar surface area (TPSA) is 92.5 Å². The van der Waals surface area contributed by atoms with Crippen molar-refractivity contribution in [1.82, 2.24) is 5.32 Å². The molecular formula is C12H13ClN2O4. The van der Waals surface area contributed by atoms with Crippen LogP contribution in [0.25, 0.3) is 0 Å². The molecule has 1 amide bonds. The van der Waals surface area contributed by atoms with E-state index < -0.39 is 22.1 Å². The summed E-state index contributed by atoms with van der Waals surface area (Å²) in [5, 5.41) is 22.8. The van der Waals surface area contributed by atoms with Gasteiger partial charge in [-0.2, -0.15) is 0 Å². The second-order valence-corrected chi connectivity index (χ2v) is 5.05. The highest BCUT2D eigenvalue weighted by molar-refractivity contribution is 6.33. The Morgan fingerprint density at radius 1 is 1.53 bits per heavy atom. The number of hydrogen-bond donors (Lipinski definition) is 2. The lowest BCUT2D eigenvalue weighted by Gasteiger charge is -2.40. The number of amides is 1. The van der Waals surface area contributed by atoms with Gasteiger partial charge in [0.1, 0.15) is 10.6 Å². The zero-order valence-electron chi connectivity index (χ0n) is 10.1. The predicted octanol–water partition coefficient (Wildman–Crippen LogP) is 1.89. The van der Waals surface area contributed by atoms with Crippen LogP contribution in [0.1, 0.15) is 29.6 Å². The second kappa shape index (κ2) is 5.14. The highest BCUT2D eigenvalue weighted by Gasteiger charge is 2.39. The lowest BCUT2D eigenvalue weighted by Crippen LogP contribution is -2.56. The first-order valence-electron chi connectivity index (χ1n) is 5.85. The Hall–Kier alpha value is -1.66. The summed E-state index contributed by atoms with van der Waals surface area (Å²) < 4.78 is 0. The number of nitro benzene ring substituents is 1. The summed E-state index contributed by atoms with van der Waals surface area (Å²) >= 11 is 5.75. The number of rotatable bonds is 4. The molecule has 1 aliphatic rings. The van der Waals surface area contributed by atoms with Gasteiger partial charge in [0, 0.05) is 0 Å². The third-order valence-electron chi connectivity index (χ3n) is 3.41. The van der Waals surface area contributed by atoms with Crippen LogP contribution in [0.4, 0.5) is 5.69 Å². The molecule has 0 atom stereocenters. The molecule has 1 saturated carbocycles. The van der Waals surface area contributed by atoms with Crippen molar-refractivity contribution in [2.45, 2.75) is 24.8 Å². The first-order chi connectivity index (χ1) is 8.99. The van der Waals surface area contributed by atoms with Crippen molar-refractivity contribution in [2.24, 2.45) is 0 Å². The van der Waals surface area contributed by atoms with Gasteiger partial charge in [0.15, 0.2) is 0 Å². The Morgan fingerprint density at radius 2 is 2.21 bits per heavy atom. The van der Waals surface area contributed by atoms with E-state index >= 15 is 0 Å². The Kier molecular flexibility index (Phi) is 3.73. The van der Waals surface area contributed by atoms with Crippen LogP contribution in [0.3, 0.4) is 0 Å². The van der Waals surface area contributed by atoms with Gasteiger partial charge in [-0.05, 0) is 31.4 Å². The molecule has 2 N–H and O–H groups in total. The van der Waals surface area contributed by atoms with Crippen LogP contribution >= 0.6 is 11.6 Å². The molecule has 1 fully saturated rings. The Labute approximate surface area is 114 Å². The minimum Gasteiger partial charge on any atom is -0.394 e. The number of hydrogen-bond acceptors (Lipinski definition) is 4. The molecule has 0 bridgehead atoms. The van der Waals surface area contributed by atoms with Crippen LogP contribution in [0.2, 0.25) is 5.02 Å². The van der Waals surface area contributed by atoms with Crippen LogP contribution in [-0.2, 0) is 0 Å². The number of aliphatic hydroxyl groups excluding tert-OH is 1. The van der Waals surface area contributed by atoms with E-state index in [1.165, 1.54) is 18.2 Å².